The van der Waals surface area contributed by atoms with Gasteiger partial charge in [-0.3, -0.25) is 0 Å². The van der Waals surface area contributed by atoms with E-state index in [1.807, 2.05) is 0 Å². The highest BCUT2D eigenvalue weighted by Gasteiger charge is 2.34. The van der Waals surface area contributed by atoms with Gasteiger partial charge in [0.1, 0.15) is 17.1 Å². The monoisotopic (exact) mass is 380 g/mol. The highest BCUT2D eigenvalue weighted by molar-refractivity contribution is 5.82. The van der Waals surface area contributed by atoms with E-state index in [1.54, 1.807) is 0 Å². The quantitative estimate of drug-likeness (QED) is 0.417. The summed E-state index contributed by atoms with van der Waals surface area (Å²) in [5.74, 6) is 1.96. The Balaban J connectivity index is 2.04. The fourth-order valence-electron chi connectivity index (χ4n) is 4.08. The van der Waals surface area contributed by atoms with Crippen LogP contribution in [0.5, 0.6) is 11.5 Å². The minimum absolute atomic E-state index is 0.336. The van der Waals surface area contributed by atoms with Gasteiger partial charge in [-0.2, -0.15) is 0 Å². The maximum atomic E-state index is 6.52. The summed E-state index contributed by atoms with van der Waals surface area (Å²) in [7, 11) is 0. The zero-order valence-corrected chi connectivity index (χ0v) is 18.4. The van der Waals surface area contributed by atoms with Gasteiger partial charge in [0.05, 0.1) is 12.2 Å². The van der Waals surface area contributed by atoms with Gasteiger partial charge in [-0.15, -0.1) is 0 Å². The first kappa shape index (κ1) is 20.8. The van der Waals surface area contributed by atoms with Crippen LogP contribution >= 0.6 is 0 Å². The summed E-state index contributed by atoms with van der Waals surface area (Å²) in [4.78, 5) is 0. The van der Waals surface area contributed by atoms with Crippen molar-refractivity contribution >= 4 is 0 Å². The Labute approximate surface area is 171 Å². The van der Waals surface area contributed by atoms with E-state index in [9.17, 15) is 0 Å². The van der Waals surface area contributed by atoms with E-state index >= 15 is 0 Å². The molecular weight excluding hydrogens is 344 g/mol. The van der Waals surface area contributed by atoms with Crippen LogP contribution in [-0.4, -0.2) is 6.61 Å². The summed E-state index contributed by atoms with van der Waals surface area (Å²) in [6.07, 6.45) is 8.30. The molecule has 28 heavy (non-hydrogen) atoms. The molecule has 0 amide bonds. The third kappa shape index (κ3) is 4.54. The van der Waals surface area contributed by atoms with Gasteiger partial charge in [0.2, 0.25) is 0 Å². The zero-order valence-electron chi connectivity index (χ0n) is 18.4. The van der Waals surface area contributed by atoms with Crippen LogP contribution < -0.4 is 9.47 Å². The number of ether oxygens (including phenoxy) is 2. The molecule has 0 N–H and O–H groups in total. The lowest BCUT2D eigenvalue weighted by Gasteiger charge is -2.36. The number of hydrogen-bond donors (Lipinski definition) is 0. The molecule has 0 bridgehead atoms. The van der Waals surface area contributed by atoms with Crippen molar-refractivity contribution in [2.75, 3.05) is 6.61 Å². The van der Waals surface area contributed by atoms with Crippen molar-refractivity contribution in [1.29, 1.82) is 0 Å². The van der Waals surface area contributed by atoms with Gasteiger partial charge in [0, 0.05) is 5.56 Å². The van der Waals surface area contributed by atoms with Crippen LogP contribution in [0, 0.1) is 6.92 Å². The van der Waals surface area contributed by atoms with E-state index < -0.39 is 0 Å². The molecule has 2 heteroatoms. The van der Waals surface area contributed by atoms with Crippen LogP contribution in [0.2, 0.25) is 0 Å². The van der Waals surface area contributed by atoms with Crippen molar-refractivity contribution < 1.29 is 9.47 Å². The average Bonchev–Trinajstić information content (AvgIpc) is 2.64. The van der Waals surface area contributed by atoms with E-state index in [0.29, 0.717) is 0 Å². The molecule has 0 spiro atoms. The van der Waals surface area contributed by atoms with Crippen LogP contribution in [0.15, 0.2) is 30.3 Å². The predicted molar refractivity (Wildman–Crippen MR) is 119 cm³/mol. The van der Waals surface area contributed by atoms with Gasteiger partial charge < -0.3 is 9.47 Å². The third-order valence-corrected chi connectivity index (χ3v) is 5.66. The molecule has 0 unspecified atom stereocenters. The lowest BCUT2D eigenvalue weighted by molar-refractivity contribution is 0.105. The normalized spacial score (nSPS) is 14.2. The van der Waals surface area contributed by atoms with E-state index in [-0.39, 0.29) is 5.60 Å². The predicted octanol–water partition coefficient (Wildman–Crippen LogP) is 7.59. The number of rotatable bonds is 9. The Morgan fingerprint density at radius 3 is 2.43 bits per heavy atom. The van der Waals surface area contributed by atoms with Crippen molar-refractivity contribution in [2.45, 2.75) is 85.2 Å². The minimum atomic E-state index is -0.336. The average molecular weight is 381 g/mol. The number of aryl methyl sites for hydroxylation is 2. The second kappa shape index (κ2) is 9.03. The van der Waals surface area contributed by atoms with Gasteiger partial charge in [0.15, 0.2) is 0 Å². The van der Waals surface area contributed by atoms with Crippen molar-refractivity contribution in [3.8, 4) is 22.6 Å². The number of fused-ring (bicyclic) bond motifs is 3. The van der Waals surface area contributed by atoms with Gasteiger partial charge in [-0.05, 0) is 63.3 Å². The van der Waals surface area contributed by atoms with Crippen LogP contribution in [-0.2, 0) is 12.0 Å². The topological polar surface area (TPSA) is 18.5 Å². The molecule has 2 aromatic carbocycles. The largest absolute Gasteiger partial charge is 0.493 e. The molecular formula is C26H36O2. The second-order valence-corrected chi connectivity index (χ2v) is 8.64. The Morgan fingerprint density at radius 1 is 0.929 bits per heavy atom. The number of hydrogen-bond acceptors (Lipinski definition) is 2. The molecule has 2 nitrogen and oxygen atoms in total. The van der Waals surface area contributed by atoms with E-state index in [1.165, 1.54) is 54.4 Å². The number of unbranched alkanes of at least 4 members (excludes halogenated alkanes) is 4. The molecule has 0 aliphatic carbocycles. The zero-order chi connectivity index (χ0) is 20.1. The second-order valence-electron chi connectivity index (χ2n) is 8.64. The first-order chi connectivity index (χ1) is 13.5. The van der Waals surface area contributed by atoms with Gasteiger partial charge in [-0.25, -0.2) is 0 Å². The molecule has 0 radical (unpaired) electrons. The van der Waals surface area contributed by atoms with Crippen LogP contribution in [0.1, 0.15) is 82.9 Å². The molecule has 0 fully saturated rings. The Bertz CT molecular complexity index is 804. The lowest BCUT2D eigenvalue weighted by atomic mass is 9.84. The molecule has 0 saturated carbocycles. The van der Waals surface area contributed by atoms with Crippen LogP contribution in [0.25, 0.3) is 11.1 Å². The molecule has 0 atom stereocenters. The lowest BCUT2D eigenvalue weighted by Crippen LogP contribution is -2.29. The molecule has 1 heterocycles. The maximum absolute atomic E-state index is 6.52. The molecule has 0 saturated heterocycles. The summed E-state index contributed by atoms with van der Waals surface area (Å²) < 4.78 is 12.9. The van der Waals surface area contributed by atoms with E-state index in [0.717, 1.165) is 36.5 Å². The van der Waals surface area contributed by atoms with E-state index in [4.69, 9.17) is 9.47 Å². The van der Waals surface area contributed by atoms with Gasteiger partial charge >= 0.3 is 0 Å². The first-order valence-electron chi connectivity index (χ1n) is 11.1. The van der Waals surface area contributed by atoms with E-state index in [2.05, 4.69) is 65.0 Å². The smallest absolute Gasteiger partial charge is 0.132 e. The SMILES string of the molecule is CCCCCOc1cc(CCCCC)cc2c1-c1cc(C)ccc1C(C)(C)O2. The van der Waals surface area contributed by atoms with Crippen molar-refractivity contribution in [3.05, 3.63) is 47.0 Å². The first-order valence-corrected chi connectivity index (χ1v) is 11.1. The fourth-order valence-corrected chi connectivity index (χ4v) is 4.08. The summed E-state index contributed by atoms with van der Waals surface area (Å²) in [6.45, 7) is 11.7. The van der Waals surface area contributed by atoms with Crippen molar-refractivity contribution in [3.63, 3.8) is 0 Å². The van der Waals surface area contributed by atoms with Gasteiger partial charge in [0.25, 0.3) is 0 Å². The summed E-state index contributed by atoms with van der Waals surface area (Å²) in [6, 6.07) is 11.2. The molecule has 2 aromatic rings. The molecule has 1 aliphatic heterocycles. The third-order valence-electron chi connectivity index (χ3n) is 5.66. The Hall–Kier alpha value is -1.96. The molecule has 1 aliphatic rings. The number of benzene rings is 2. The standard InChI is InChI=1S/C26H36O2/c1-6-8-10-12-20-17-23(27-15-11-9-7-2)25-21-16-19(3)13-14-22(21)26(4,5)28-24(25)18-20/h13-14,16-18H,6-12,15H2,1-5H3. The maximum Gasteiger partial charge on any atom is 0.132 e. The van der Waals surface area contributed by atoms with Crippen molar-refractivity contribution in [2.24, 2.45) is 0 Å². The summed E-state index contributed by atoms with van der Waals surface area (Å²) >= 11 is 0. The fraction of sp³-hybridized carbons (Fsp3) is 0.538. The molecule has 3 rings (SSSR count). The molecule has 152 valence electrons. The van der Waals surface area contributed by atoms with Gasteiger partial charge in [-0.1, -0.05) is 63.3 Å². The molecule has 0 aromatic heterocycles. The minimum Gasteiger partial charge on any atom is -0.493 e. The van der Waals surface area contributed by atoms with Crippen molar-refractivity contribution in [1.82, 2.24) is 0 Å². The Kier molecular flexibility index (Phi) is 6.69. The highest BCUT2D eigenvalue weighted by Crippen LogP contribution is 2.50. The van der Waals surface area contributed by atoms with Crippen LogP contribution in [0.3, 0.4) is 0 Å². The Morgan fingerprint density at radius 2 is 1.68 bits per heavy atom. The summed E-state index contributed by atoms with van der Waals surface area (Å²) in [5, 5.41) is 0. The summed E-state index contributed by atoms with van der Waals surface area (Å²) in [5.41, 5.74) is 5.89. The van der Waals surface area contributed by atoms with Crippen LogP contribution in [0.4, 0.5) is 0 Å². The highest BCUT2D eigenvalue weighted by atomic mass is 16.5.